The topological polar surface area (TPSA) is 29.0 Å². The SMILES string of the molecule is CN1CC=C(c2ccc3ccccc3c2)c2ccc(-c3ccc(C(F)(F)F)nn3)c(F)c2C1. The van der Waals surface area contributed by atoms with E-state index in [0.717, 1.165) is 39.6 Å². The van der Waals surface area contributed by atoms with Crippen molar-refractivity contribution in [3.05, 3.63) is 101 Å². The Hall–Kier alpha value is -3.58. The summed E-state index contributed by atoms with van der Waals surface area (Å²) in [5.41, 5.74) is 2.22. The number of halogens is 4. The molecule has 3 nitrogen and oxygen atoms in total. The first-order valence-corrected chi connectivity index (χ1v) is 10.4. The van der Waals surface area contributed by atoms with Crippen molar-refractivity contribution >= 4 is 16.3 Å². The monoisotopic (exact) mass is 449 g/mol. The molecule has 0 N–H and O–H groups in total. The van der Waals surface area contributed by atoms with Gasteiger partial charge in [0.1, 0.15) is 5.82 Å². The lowest BCUT2D eigenvalue weighted by atomic mass is 9.90. The Morgan fingerprint density at radius 3 is 2.33 bits per heavy atom. The Bertz CT molecular complexity index is 1370. The lowest BCUT2D eigenvalue weighted by Gasteiger charge is -2.17. The molecule has 0 fully saturated rings. The number of nitrogens with zero attached hydrogens (tertiary/aromatic N) is 3. The number of fused-ring (bicyclic) bond motifs is 2. The third-order valence-electron chi connectivity index (χ3n) is 5.86. The third-order valence-corrected chi connectivity index (χ3v) is 5.86. The van der Waals surface area contributed by atoms with Gasteiger partial charge >= 0.3 is 6.18 Å². The van der Waals surface area contributed by atoms with Crippen molar-refractivity contribution in [2.75, 3.05) is 13.6 Å². The Kier molecular flexibility index (Phi) is 5.21. The lowest BCUT2D eigenvalue weighted by Crippen LogP contribution is -2.17. The number of benzene rings is 3. The van der Waals surface area contributed by atoms with E-state index in [1.807, 2.05) is 54.4 Å². The predicted octanol–water partition coefficient (Wildman–Crippen LogP) is 6.33. The van der Waals surface area contributed by atoms with Gasteiger partial charge in [-0.2, -0.15) is 13.2 Å². The summed E-state index contributed by atoms with van der Waals surface area (Å²) in [6.07, 6.45) is -2.52. The van der Waals surface area contributed by atoms with Crippen molar-refractivity contribution in [2.24, 2.45) is 0 Å². The van der Waals surface area contributed by atoms with Gasteiger partial charge in [0.15, 0.2) is 5.69 Å². The molecule has 1 aliphatic rings. The first-order valence-electron chi connectivity index (χ1n) is 10.4. The van der Waals surface area contributed by atoms with Crippen molar-refractivity contribution in [3.63, 3.8) is 0 Å². The minimum Gasteiger partial charge on any atom is -0.298 e. The van der Waals surface area contributed by atoms with Crippen LogP contribution in [0.1, 0.15) is 22.4 Å². The fourth-order valence-corrected chi connectivity index (χ4v) is 4.17. The summed E-state index contributed by atoms with van der Waals surface area (Å²) in [6.45, 7) is 0.988. The lowest BCUT2D eigenvalue weighted by molar-refractivity contribution is -0.141. The van der Waals surface area contributed by atoms with E-state index in [-0.39, 0.29) is 11.3 Å². The number of likely N-dealkylation sites (N-methyl/N-ethyl adjacent to an activating group) is 1. The Morgan fingerprint density at radius 2 is 1.61 bits per heavy atom. The van der Waals surface area contributed by atoms with E-state index in [9.17, 15) is 13.2 Å². The fourth-order valence-electron chi connectivity index (χ4n) is 4.17. The molecule has 2 heterocycles. The number of alkyl halides is 3. The Morgan fingerprint density at radius 1 is 0.848 bits per heavy atom. The van der Waals surface area contributed by atoms with E-state index in [1.54, 1.807) is 6.07 Å². The van der Waals surface area contributed by atoms with Gasteiger partial charge in [-0.25, -0.2) is 4.39 Å². The van der Waals surface area contributed by atoms with E-state index in [2.05, 4.69) is 22.3 Å². The van der Waals surface area contributed by atoms with Gasteiger partial charge in [0.25, 0.3) is 0 Å². The normalized spacial score (nSPS) is 14.6. The average Bonchev–Trinajstić information content (AvgIpc) is 2.97. The number of hydrogen-bond acceptors (Lipinski definition) is 3. The van der Waals surface area contributed by atoms with Crippen LogP contribution in [-0.2, 0) is 12.7 Å². The summed E-state index contributed by atoms with van der Waals surface area (Å²) in [6, 6.07) is 19.5. The maximum atomic E-state index is 15.7. The minimum absolute atomic E-state index is 0.0615. The highest BCUT2D eigenvalue weighted by atomic mass is 19.4. The summed E-state index contributed by atoms with van der Waals surface area (Å²) in [5, 5.41) is 9.09. The number of rotatable bonds is 2. The molecule has 0 atom stereocenters. The maximum absolute atomic E-state index is 15.7. The second-order valence-electron chi connectivity index (χ2n) is 8.13. The molecule has 1 aliphatic heterocycles. The van der Waals surface area contributed by atoms with Crippen molar-refractivity contribution in [3.8, 4) is 11.3 Å². The van der Waals surface area contributed by atoms with Crippen LogP contribution < -0.4 is 0 Å². The van der Waals surface area contributed by atoms with Gasteiger partial charge < -0.3 is 0 Å². The molecule has 33 heavy (non-hydrogen) atoms. The molecule has 7 heteroatoms. The standard InChI is InChI=1S/C26H19F4N3/c1-33-13-12-19(18-7-6-16-4-2-3-5-17(16)14-18)20-8-9-21(25(27)22(20)15-33)23-10-11-24(32-31-23)26(28,29)30/h2-12,14H,13,15H2,1H3. The second-order valence-corrected chi connectivity index (χ2v) is 8.13. The molecular weight excluding hydrogens is 430 g/mol. The van der Waals surface area contributed by atoms with Crippen LogP contribution in [0.2, 0.25) is 0 Å². The van der Waals surface area contributed by atoms with Gasteiger partial charge in [0.05, 0.1) is 5.69 Å². The molecule has 3 aromatic carbocycles. The largest absolute Gasteiger partial charge is 0.435 e. The van der Waals surface area contributed by atoms with Crippen molar-refractivity contribution < 1.29 is 17.6 Å². The fraction of sp³-hybridized carbons (Fsp3) is 0.154. The van der Waals surface area contributed by atoms with E-state index < -0.39 is 17.7 Å². The van der Waals surface area contributed by atoms with Crippen LogP contribution in [0.15, 0.2) is 72.8 Å². The quantitative estimate of drug-likeness (QED) is 0.335. The van der Waals surface area contributed by atoms with Gasteiger partial charge in [-0.3, -0.25) is 4.90 Å². The molecule has 0 amide bonds. The zero-order valence-electron chi connectivity index (χ0n) is 17.7. The first-order chi connectivity index (χ1) is 15.8. The minimum atomic E-state index is -4.60. The summed E-state index contributed by atoms with van der Waals surface area (Å²) in [4.78, 5) is 1.98. The predicted molar refractivity (Wildman–Crippen MR) is 120 cm³/mol. The highest BCUT2D eigenvalue weighted by Crippen LogP contribution is 2.36. The van der Waals surface area contributed by atoms with E-state index in [4.69, 9.17) is 0 Å². The zero-order valence-corrected chi connectivity index (χ0v) is 17.7. The van der Waals surface area contributed by atoms with Crippen LogP contribution in [0.5, 0.6) is 0 Å². The van der Waals surface area contributed by atoms with E-state index in [0.29, 0.717) is 18.7 Å². The summed E-state index contributed by atoms with van der Waals surface area (Å²) in [5.74, 6) is -0.498. The highest BCUT2D eigenvalue weighted by Gasteiger charge is 2.33. The molecule has 1 aromatic heterocycles. The molecule has 5 rings (SSSR count). The summed E-state index contributed by atoms with van der Waals surface area (Å²) >= 11 is 0. The first kappa shape index (κ1) is 21.3. The van der Waals surface area contributed by atoms with E-state index >= 15 is 4.39 Å². The van der Waals surface area contributed by atoms with Crippen LogP contribution in [0.4, 0.5) is 17.6 Å². The van der Waals surface area contributed by atoms with Crippen molar-refractivity contribution in [2.45, 2.75) is 12.7 Å². The van der Waals surface area contributed by atoms with Gasteiger partial charge in [0.2, 0.25) is 0 Å². The van der Waals surface area contributed by atoms with E-state index in [1.165, 1.54) is 0 Å². The van der Waals surface area contributed by atoms with Crippen LogP contribution >= 0.6 is 0 Å². The van der Waals surface area contributed by atoms with Crippen LogP contribution in [0, 0.1) is 5.82 Å². The van der Waals surface area contributed by atoms with Crippen LogP contribution in [-0.4, -0.2) is 28.7 Å². The Labute approximate surface area is 188 Å². The zero-order chi connectivity index (χ0) is 23.2. The molecule has 166 valence electrons. The molecule has 0 spiro atoms. The molecule has 0 radical (unpaired) electrons. The number of hydrogen-bond donors (Lipinski definition) is 0. The maximum Gasteiger partial charge on any atom is 0.435 e. The smallest absolute Gasteiger partial charge is 0.298 e. The molecular formula is C26H19F4N3. The molecule has 0 saturated heterocycles. The molecule has 0 saturated carbocycles. The van der Waals surface area contributed by atoms with Crippen molar-refractivity contribution in [1.29, 1.82) is 0 Å². The number of aromatic nitrogens is 2. The molecule has 0 unspecified atom stereocenters. The highest BCUT2D eigenvalue weighted by molar-refractivity contribution is 5.90. The van der Waals surface area contributed by atoms with Crippen LogP contribution in [0.25, 0.3) is 27.6 Å². The average molecular weight is 449 g/mol. The molecule has 0 aliphatic carbocycles. The summed E-state index contributed by atoms with van der Waals surface area (Å²) in [7, 11) is 1.90. The van der Waals surface area contributed by atoms with Crippen LogP contribution in [0.3, 0.4) is 0 Å². The summed E-state index contributed by atoms with van der Waals surface area (Å²) < 4.78 is 54.2. The second kappa shape index (κ2) is 8.08. The van der Waals surface area contributed by atoms with Gasteiger partial charge in [-0.1, -0.05) is 48.5 Å². The Balaban J connectivity index is 1.61. The van der Waals surface area contributed by atoms with Gasteiger partial charge in [0, 0.05) is 24.2 Å². The molecule has 4 aromatic rings. The third kappa shape index (κ3) is 4.00. The van der Waals surface area contributed by atoms with Gasteiger partial charge in [-0.15, -0.1) is 10.2 Å². The molecule has 0 bridgehead atoms. The van der Waals surface area contributed by atoms with Gasteiger partial charge in [-0.05, 0) is 58.8 Å². The van der Waals surface area contributed by atoms with Crippen molar-refractivity contribution in [1.82, 2.24) is 15.1 Å².